The van der Waals surface area contributed by atoms with Crippen LogP contribution in [0.2, 0.25) is 0 Å². The SMILES string of the molecule is COc1cc2c(cc1OC)[C@H](c1ccc(O)cc1)CN=C2. The molecule has 1 atom stereocenters. The quantitative estimate of drug-likeness (QED) is 0.942. The van der Waals surface area contributed by atoms with Gasteiger partial charge in [-0.25, -0.2) is 0 Å². The second-order valence-electron chi connectivity index (χ2n) is 4.97. The molecule has 0 aromatic heterocycles. The third-order valence-corrected chi connectivity index (χ3v) is 3.78. The molecule has 0 fully saturated rings. The topological polar surface area (TPSA) is 51.0 Å². The lowest BCUT2D eigenvalue weighted by Crippen LogP contribution is -2.13. The number of methoxy groups -OCH3 is 2. The molecule has 0 amide bonds. The third kappa shape index (κ3) is 2.44. The van der Waals surface area contributed by atoms with Crippen molar-refractivity contribution in [3.05, 3.63) is 53.1 Å². The Morgan fingerprint density at radius 1 is 1.05 bits per heavy atom. The Morgan fingerprint density at radius 2 is 1.71 bits per heavy atom. The van der Waals surface area contributed by atoms with Gasteiger partial charge in [-0.2, -0.15) is 0 Å². The summed E-state index contributed by atoms with van der Waals surface area (Å²) < 4.78 is 10.7. The van der Waals surface area contributed by atoms with E-state index < -0.39 is 0 Å². The molecule has 0 aliphatic carbocycles. The molecule has 21 heavy (non-hydrogen) atoms. The van der Waals surface area contributed by atoms with Crippen molar-refractivity contribution < 1.29 is 14.6 Å². The smallest absolute Gasteiger partial charge is 0.161 e. The standard InChI is InChI=1S/C17H17NO3/c1-20-16-7-12-9-18-10-15(14(12)8-17(16)21-2)11-3-5-13(19)6-4-11/h3-9,15,19H,10H2,1-2H3/t15-/m0/s1. The van der Waals surface area contributed by atoms with E-state index in [1.165, 1.54) is 0 Å². The Morgan fingerprint density at radius 3 is 2.38 bits per heavy atom. The molecule has 0 spiro atoms. The highest BCUT2D eigenvalue weighted by molar-refractivity contribution is 5.85. The maximum absolute atomic E-state index is 9.43. The molecule has 0 unspecified atom stereocenters. The number of nitrogens with zero attached hydrogens (tertiary/aromatic N) is 1. The number of benzene rings is 2. The van der Waals surface area contributed by atoms with Crippen LogP contribution in [0.25, 0.3) is 0 Å². The van der Waals surface area contributed by atoms with Gasteiger partial charge in [0.05, 0.1) is 14.2 Å². The predicted octanol–water partition coefficient (Wildman–Crippen LogP) is 2.97. The van der Waals surface area contributed by atoms with E-state index >= 15 is 0 Å². The van der Waals surface area contributed by atoms with Gasteiger partial charge in [0.15, 0.2) is 11.5 Å². The minimum absolute atomic E-state index is 0.158. The van der Waals surface area contributed by atoms with Crippen LogP contribution in [0.5, 0.6) is 17.2 Å². The summed E-state index contributed by atoms with van der Waals surface area (Å²) in [6, 6.07) is 11.2. The monoisotopic (exact) mass is 283 g/mol. The summed E-state index contributed by atoms with van der Waals surface area (Å²) in [7, 11) is 3.26. The van der Waals surface area contributed by atoms with Gasteiger partial charge >= 0.3 is 0 Å². The molecule has 0 saturated heterocycles. The van der Waals surface area contributed by atoms with Gasteiger partial charge in [0, 0.05) is 24.2 Å². The fourth-order valence-electron chi connectivity index (χ4n) is 2.67. The minimum atomic E-state index is 0.158. The summed E-state index contributed by atoms with van der Waals surface area (Å²) in [5, 5.41) is 9.43. The summed E-state index contributed by atoms with van der Waals surface area (Å²) in [5.74, 6) is 1.85. The summed E-state index contributed by atoms with van der Waals surface area (Å²) >= 11 is 0. The number of hydrogen-bond acceptors (Lipinski definition) is 4. The largest absolute Gasteiger partial charge is 0.508 e. The molecule has 4 nitrogen and oxygen atoms in total. The van der Waals surface area contributed by atoms with Crippen LogP contribution in [0.4, 0.5) is 0 Å². The van der Waals surface area contributed by atoms with E-state index in [0.29, 0.717) is 12.3 Å². The number of fused-ring (bicyclic) bond motifs is 1. The minimum Gasteiger partial charge on any atom is -0.508 e. The van der Waals surface area contributed by atoms with E-state index in [2.05, 4.69) is 4.99 Å². The van der Waals surface area contributed by atoms with E-state index in [9.17, 15) is 5.11 Å². The zero-order valence-corrected chi connectivity index (χ0v) is 12.0. The zero-order valence-electron chi connectivity index (χ0n) is 12.0. The summed E-state index contributed by atoms with van der Waals surface area (Å²) in [6.07, 6.45) is 1.87. The zero-order chi connectivity index (χ0) is 14.8. The number of ether oxygens (including phenoxy) is 2. The highest BCUT2D eigenvalue weighted by atomic mass is 16.5. The maximum atomic E-state index is 9.43. The van der Waals surface area contributed by atoms with E-state index in [4.69, 9.17) is 9.47 Å². The third-order valence-electron chi connectivity index (χ3n) is 3.78. The van der Waals surface area contributed by atoms with Crippen LogP contribution in [-0.2, 0) is 0 Å². The van der Waals surface area contributed by atoms with Crippen molar-refractivity contribution in [1.82, 2.24) is 0 Å². The van der Waals surface area contributed by atoms with Crippen LogP contribution in [0.15, 0.2) is 41.4 Å². The van der Waals surface area contributed by atoms with Crippen LogP contribution in [0.3, 0.4) is 0 Å². The summed E-state index contributed by atoms with van der Waals surface area (Å²) in [4.78, 5) is 4.45. The van der Waals surface area contributed by atoms with E-state index in [1.54, 1.807) is 26.4 Å². The molecule has 1 aliphatic heterocycles. The molecule has 1 aliphatic rings. The van der Waals surface area contributed by atoms with Gasteiger partial charge in [0.2, 0.25) is 0 Å². The number of hydrogen-bond donors (Lipinski definition) is 1. The molecule has 3 rings (SSSR count). The van der Waals surface area contributed by atoms with Gasteiger partial charge in [-0.15, -0.1) is 0 Å². The lowest BCUT2D eigenvalue weighted by atomic mass is 9.86. The molecular weight excluding hydrogens is 266 g/mol. The number of aromatic hydroxyl groups is 1. The highest BCUT2D eigenvalue weighted by Crippen LogP contribution is 2.37. The lowest BCUT2D eigenvalue weighted by Gasteiger charge is -2.23. The fraction of sp³-hybridized carbons (Fsp3) is 0.235. The molecule has 1 heterocycles. The van der Waals surface area contributed by atoms with Crippen LogP contribution < -0.4 is 9.47 Å². The normalized spacial score (nSPS) is 16.4. The Hall–Kier alpha value is -2.49. The molecule has 2 aromatic carbocycles. The first-order valence-electron chi connectivity index (χ1n) is 6.77. The van der Waals surface area contributed by atoms with Gasteiger partial charge < -0.3 is 14.6 Å². The molecule has 0 radical (unpaired) electrons. The van der Waals surface area contributed by atoms with Gasteiger partial charge in [-0.3, -0.25) is 4.99 Å². The number of phenols is 1. The Kier molecular flexibility index (Phi) is 3.52. The first-order valence-corrected chi connectivity index (χ1v) is 6.77. The highest BCUT2D eigenvalue weighted by Gasteiger charge is 2.22. The summed E-state index contributed by atoms with van der Waals surface area (Å²) in [5.41, 5.74) is 3.32. The van der Waals surface area contributed by atoms with E-state index in [-0.39, 0.29) is 11.7 Å². The Bertz CT molecular complexity index is 677. The van der Waals surface area contributed by atoms with Gasteiger partial charge in [-0.05, 0) is 35.4 Å². The van der Waals surface area contributed by atoms with Gasteiger partial charge in [0.1, 0.15) is 5.75 Å². The maximum Gasteiger partial charge on any atom is 0.161 e. The van der Waals surface area contributed by atoms with Crippen molar-refractivity contribution in [1.29, 1.82) is 0 Å². The van der Waals surface area contributed by atoms with Crippen LogP contribution >= 0.6 is 0 Å². The fourth-order valence-corrected chi connectivity index (χ4v) is 2.67. The van der Waals surface area contributed by atoms with Crippen molar-refractivity contribution in [2.45, 2.75) is 5.92 Å². The van der Waals surface area contributed by atoms with E-state index in [1.807, 2.05) is 30.5 Å². The predicted molar refractivity (Wildman–Crippen MR) is 82.0 cm³/mol. The average molecular weight is 283 g/mol. The van der Waals surface area contributed by atoms with E-state index in [0.717, 1.165) is 22.4 Å². The van der Waals surface area contributed by atoms with Gasteiger partial charge in [-0.1, -0.05) is 12.1 Å². The second kappa shape index (κ2) is 5.48. The van der Waals surface area contributed by atoms with Crippen LogP contribution in [-0.4, -0.2) is 32.1 Å². The molecule has 4 heteroatoms. The molecule has 108 valence electrons. The Balaban J connectivity index is 2.08. The molecule has 1 N–H and O–H groups in total. The Labute approximate surface area is 123 Å². The molecule has 0 bridgehead atoms. The molecule has 0 saturated carbocycles. The number of rotatable bonds is 3. The lowest BCUT2D eigenvalue weighted by molar-refractivity contribution is 0.354. The van der Waals surface area contributed by atoms with Crippen molar-refractivity contribution in [3.63, 3.8) is 0 Å². The first kappa shape index (κ1) is 13.5. The first-order chi connectivity index (χ1) is 10.2. The van der Waals surface area contributed by atoms with Crippen molar-refractivity contribution in [2.75, 3.05) is 20.8 Å². The van der Waals surface area contributed by atoms with Gasteiger partial charge in [0.25, 0.3) is 0 Å². The summed E-state index contributed by atoms with van der Waals surface area (Å²) in [6.45, 7) is 0.688. The second-order valence-corrected chi connectivity index (χ2v) is 4.97. The van der Waals surface area contributed by atoms with Crippen molar-refractivity contribution >= 4 is 6.21 Å². The molecular formula is C17H17NO3. The van der Waals surface area contributed by atoms with Crippen molar-refractivity contribution in [2.24, 2.45) is 4.99 Å². The van der Waals surface area contributed by atoms with Crippen LogP contribution in [0, 0.1) is 0 Å². The average Bonchev–Trinajstić information content (AvgIpc) is 2.53. The molecule has 2 aromatic rings. The number of phenolic OH excluding ortho intramolecular Hbond substituents is 1. The number of aliphatic imine (C=N–C) groups is 1. The van der Waals surface area contributed by atoms with Crippen LogP contribution in [0.1, 0.15) is 22.6 Å². The van der Waals surface area contributed by atoms with Crippen molar-refractivity contribution in [3.8, 4) is 17.2 Å².